The Hall–Kier alpha value is -3.74. The lowest BCUT2D eigenvalue weighted by Crippen LogP contribution is -2.10. The van der Waals surface area contributed by atoms with Crippen LogP contribution in [0.5, 0.6) is 0 Å². The standard InChI is InChI=1S/C20H15FN2.HNO3/c21-19-9-7-16(8-10-19)20(23-12-11-22-14-23)18-6-5-15-3-1-2-4-17(15)13-18;2-1(3)4/h1-14,20H;(H,2,3,4). The first kappa shape index (κ1) is 18.1. The molecule has 27 heavy (non-hydrogen) atoms. The fraction of sp³-hybridized carbons (Fsp3) is 0.0500. The number of hydrogen-bond donors (Lipinski definition) is 1. The van der Waals surface area contributed by atoms with Crippen molar-refractivity contribution >= 4 is 10.8 Å². The van der Waals surface area contributed by atoms with E-state index < -0.39 is 5.09 Å². The molecule has 6 nitrogen and oxygen atoms in total. The predicted octanol–water partition coefficient (Wildman–Crippen LogP) is 4.47. The van der Waals surface area contributed by atoms with E-state index in [4.69, 9.17) is 15.3 Å². The summed E-state index contributed by atoms with van der Waals surface area (Å²) >= 11 is 0. The zero-order valence-corrected chi connectivity index (χ0v) is 14.1. The fourth-order valence-electron chi connectivity index (χ4n) is 2.98. The third-order valence-electron chi connectivity index (χ3n) is 4.10. The van der Waals surface area contributed by atoms with Gasteiger partial charge in [-0.25, -0.2) is 9.37 Å². The molecule has 4 aromatic rings. The van der Waals surface area contributed by atoms with Crippen molar-refractivity contribution in [1.82, 2.24) is 9.55 Å². The molecule has 0 aliphatic carbocycles. The molecule has 7 heteroatoms. The number of hydrogen-bond acceptors (Lipinski definition) is 3. The van der Waals surface area contributed by atoms with E-state index in [2.05, 4.69) is 35.3 Å². The summed E-state index contributed by atoms with van der Waals surface area (Å²) in [5, 5.41) is 16.0. The van der Waals surface area contributed by atoms with Gasteiger partial charge in [-0.15, -0.1) is 10.1 Å². The van der Waals surface area contributed by atoms with Crippen LogP contribution in [0.1, 0.15) is 17.2 Å². The average Bonchev–Trinajstić information content (AvgIpc) is 3.17. The smallest absolute Gasteiger partial charge is 0.291 e. The first-order valence-corrected chi connectivity index (χ1v) is 8.09. The van der Waals surface area contributed by atoms with Crippen LogP contribution in [-0.2, 0) is 0 Å². The zero-order chi connectivity index (χ0) is 19.2. The maximum atomic E-state index is 13.3. The van der Waals surface area contributed by atoms with Gasteiger partial charge in [0.2, 0.25) is 0 Å². The quantitative estimate of drug-likeness (QED) is 0.429. The molecule has 0 aliphatic heterocycles. The first-order chi connectivity index (χ1) is 13.0. The SMILES string of the molecule is Fc1ccc(C(c2ccc3ccccc3c2)n2ccnc2)cc1.O=[N+]([O-])O. The molecule has 4 rings (SSSR count). The first-order valence-electron chi connectivity index (χ1n) is 8.09. The zero-order valence-electron chi connectivity index (χ0n) is 14.1. The molecule has 1 atom stereocenters. The van der Waals surface area contributed by atoms with Crippen molar-refractivity contribution in [2.24, 2.45) is 0 Å². The van der Waals surface area contributed by atoms with E-state index in [9.17, 15) is 4.39 Å². The van der Waals surface area contributed by atoms with E-state index in [0.717, 1.165) is 11.1 Å². The Morgan fingerprint density at radius 2 is 1.63 bits per heavy atom. The number of halogens is 1. The Labute approximate surface area is 154 Å². The molecule has 136 valence electrons. The third-order valence-corrected chi connectivity index (χ3v) is 4.10. The molecule has 1 aromatic heterocycles. The van der Waals surface area contributed by atoms with Gasteiger partial charge in [-0.2, -0.15) is 0 Å². The Bertz CT molecular complexity index is 1030. The second kappa shape index (κ2) is 8.09. The summed E-state index contributed by atoms with van der Waals surface area (Å²) in [7, 11) is 0. The van der Waals surface area contributed by atoms with Gasteiger partial charge in [0, 0.05) is 12.4 Å². The summed E-state index contributed by atoms with van der Waals surface area (Å²) in [5.41, 5.74) is 2.17. The number of fused-ring (bicyclic) bond motifs is 1. The number of benzene rings is 3. The summed E-state index contributed by atoms with van der Waals surface area (Å²) < 4.78 is 15.3. The molecule has 0 bridgehead atoms. The van der Waals surface area contributed by atoms with Crippen LogP contribution in [0.4, 0.5) is 4.39 Å². The van der Waals surface area contributed by atoms with Crippen molar-refractivity contribution < 1.29 is 14.7 Å². The van der Waals surface area contributed by atoms with Crippen LogP contribution in [0.3, 0.4) is 0 Å². The maximum absolute atomic E-state index is 13.3. The minimum absolute atomic E-state index is 0.0253. The molecule has 1 heterocycles. The van der Waals surface area contributed by atoms with Gasteiger partial charge < -0.3 is 9.77 Å². The van der Waals surface area contributed by atoms with Crippen molar-refractivity contribution in [1.29, 1.82) is 0 Å². The van der Waals surface area contributed by atoms with Crippen molar-refractivity contribution in [3.63, 3.8) is 0 Å². The van der Waals surface area contributed by atoms with Crippen molar-refractivity contribution in [3.05, 3.63) is 113 Å². The molecule has 1 N–H and O–H groups in total. The lowest BCUT2D eigenvalue weighted by Gasteiger charge is -2.20. The van der Waals surface area contributed by atoms with Gasteiger partial charge in [-0.1, -0.05) is 48.5 Å². The van der Waals surface area contributed by atoms with Gasteiger partial charge in [0.05, 0.1) is 12.4 Å². The minimum Gasteiger partial charge on any atom is -0.328 e. The Morgan fingerprint density at radius 3 is 2.26 bits per heavy atom. The largest absolute Gasteiger partial charge is 0.328 e. The highest BCUT2D eigenvalue weighted by Gasteiger charge is 2.16. The number of nitrogens with zero attached hydrogens (tertiary/aromatic N) is 3. The fourth-order valence-corrected chi connectivity index (χ4v) is 2.98. The summed E-state index contributed by atoms with van der Waals surface area (Å²) in [6.07, 6.45) is 5.49. The van der Waals surface area contributed by atoms with Gasteiger partial charge in [0.1, 0.15) is 5.82 Å². The van der Waals surface area contributed by atoms with Gasteiger partial charge in [0.15, 0.2) is 0 Å². The molecule has 0 radical (unpaired) electrons. The van der Waals surface area contributed by atoms with E-state index in [1.54, 1.807) is 12.5 Å². The Kier molecular flexibility index (Phi) is 5.41. The van der Waals surface area contributed by atoms with E-state index in [-0.39, 0.29) is 11.9 Å². The summed E-state index contributed by atoms with van der Waals surface area (Å²) in [5.74, 6) is -0.225. The molecule has 1 unspecified atom stereocenters. The van der Waals surface area contributed by atoms with Crippen molar-refractivity contribution in [2.45, 2.75) is 6.04 Å². The number of aromatic nitrogens is 2. The van der Waals surface area contributed by atoms with E-state index in [0.29, 0.717) is 0 Å². The lowest BCUT2D eigenvalue weighted by molar-refractivity contribution is -0.742. The van der Waals surface area contributed by atoms with Gasteiger partial charge >= 0.3 is 0 Å². The van der Waals surface area contributed by atoms with E-state index in [1.807, 2.05) is 35.0 Å². The molecule has 0 spiro atoms. The second-order valence-electron chi connectivity index (χ2n) is 5.81. The summed E-state index contributed by atoms with van der Waals surface area (Å²) in [6.45, 7) is 0. The highest BCUT2D eigenvalue weighted by molar-refractivity contribution is 5.83. The molecule has 0 fully saturated rings. The summed E-state index contributed by atoms with van der Waals surface area (Å²) in [4.78, 5) is 12.5. The van der Waals surface area contributed by atoms with E-state index in [1.165, 1.54) is 22.9 Å². The molecular formula is C20H16FN3O3. The highest BCUT2D eigenvalue weighted by Crippen LogP contribution is 2.29. The second-order valence-corrected chi connectivity index (χ2v) is 5.81. The topological polar surface area (TPSA) is 81.2 Å². The molecule has 0 saturated heterocycles. The van der Waals surface area contributed by atoms with Crippen LogP contribution in [0.15, 0.2) is 85.5 Å². The molecule has 0 amide bonds. The van der Waals surface area contributed by atoms with Crippen LogP contribution in [0.2, 0.25) is 0 Å². The van der Waals surface area contributed by atoms with Crippen LogP contribution in [0.25, 0.3) is 10.8 Å². The monoisotopic (exact) mass is 365 g/mol. The highest BCUT2D eigenvalue weighted by atomic mass is 19.1. The lowest BCUT2D eigenvalue weighted by atomic mass is 9.96. The minimum atomic E-state index is -1.50. The Balaban J connectivity index is 0.000000481. The molecule has 0 saturated carbocycles. The van der Waals surface area contributed by atoms with Gasteiger partial charge in [0.25, 0.3) is 5.09 Å². The van der Waals surface area contributed by atoms with E-state index >= 15 is 0 Å². The van der Waals surface area contributed by atoms with Crippen LogP contribution in [0, 0.1) is 15.9 Å². The Morgan fingerprint density at radius 1 is 1.00 bits per heavy atom. The van der Waals surface area contributed by atoms with Crippen molar-refractivity contribution in [3.8, 4) is 0 Å². The third kappa shape index (κ3) is 4.46. The van der Waals surface area contributed by atoms with Crippen LogP contribution < -0.4 is 0 Å². The number of imidazole rings is 1. The van der Waals surface area contributed by atoms with Gasteiger partial charge in [-0.3, -0.25) is 0 Å². The maximum Gasteiger partial charge on any atom is 0.291 e. The van der Waals surface area contributed by atoms with Gasteiger partial charge in [-0.05, 0) is 40.1 Å². The predicted molar refractivity (Wildman–Crippen MR) is 98.6 cm³/mol. The van der Waals surface area contributed by atoms with Crippen molar-refractivity contribution in [2.75, 3.05) is 0 Å². The normalized spacial score (nSPS) is 11.4. The molecule has 0 aliphatic rings. The molecule has 3 aromatic carbocycles. The van der Waals surface area contributed by atoms with Crippen LogP contribution in [-0.4, -0.2) is 19.8 Å². The number of rotatable bonds is 3. The summed E-state index contributed by atoms with van der Waals surface area (Å²) in [6, 6.07) is 21.3. The van der Waals surface area contributed by atoms with Crippen LogP contribution >= 0.6 is 0 Å². The average molecular weight is 365 g/mol. The molecular weight excluding hydrogens is 349 g/mol.